The van der Waals surface area contributed by atoms with E-state index in [4.69, 9.17) is 13.6 Å². The average molecular weight is 545 g/mol. The summed E-state index contributed by atoms with van der Waals surface area (Å²) in [4.78, 5) is 3.59. The lowest BCUT2D eigenvalue weighted by Crippen LogP contribution is -2.23. The van der Waals surface area contributed by atoms with E-state index in [1.165, 1.54) is 37.7 Å². The quantitative estimate of drug-likeness (QED) is 0.190. The van der Waals surface area contributed by atoms with Crippen molar-refractivity contribution in [2.45, 2.75) is 67.1 Å². The molecule has 5 heteroatoms. The highest BCUT2D eigenvalue weighted by Gasteiger charge is 2.31. The predicted octanol–water partition coefficient (Wildman–Crippen LogP) is 9.20. The van der Waals surface area contributed by atoms with E-state index < -0.39 is 0 Å². The smallest absolute Gasteiger partial charge is 0.0717 e. The molecule has 1 aliphatic heterocycles. The Labute approximate surface area is 242 Å². The van der Waals surface area contributed by atoms with Gasteiger partial charge in [0, 0.05) is 34.2 Å². The molecule has 1 atom stereocenters. The van der Waals surface area contributed by atoms with Crippen LogP contribution in [0, 0.1) is 5.92 Å². The van der Waals surface area contributed by atoms with Crippen LogP contribution in [0.3, 0.4) is 0 Å². The number of nitrogens with two attached hydrogens (primary N) is 1. The Balaban J connectivity index is 2.88. The molecule has 1 aliphatic carbocycles. The Morgan fingerprint density at radius 1 is 1.21 bits per heavy atom. The third-order valence-electron chi connectivity index (χ3n) is 7.39. The molecule has 0 amide bonds. The van der Waals surface area contributed by atoms with Crippen LogP contribution in [-0.4, -0.2) is 21.1 Å². The summed E-state index contributed by atoms with van der Waals surface area (Å²) in [5.74, 6) is 0.0806. The molecule has 0 spiro atoms. The molecule has 0 aromatic heterocycles. The van der Waals surface area contributed by atoms with Gasteiger partial charge >= 0.3 is 0 Å². The van der Waals surface area contributed by atoms with E-state index >= 15 is 0 Å². The van der Waals surface area contributed by atoms with Gasteiger partial charge in [-0.2, -0.15) is 0 Å². The van der Waals surface area contributed by atoms with Crippen molar-refractivity contribution in [3.63, 3.8) is 0 Å². The summed E-state index contributed by atoms with van der Waals surface area (Å²) in [6.07, 6.45) is 11.8. The molecule has 2 radical (unpaired) electrons. The normalized spacial score (nSPS) is 23.8. The number of nitrogens with one attached hydrogen (secondary N) is 1. The largest absolute Gasteiger partial charge is 0.398 e. The molecule has 2 aliphatic rings. The average Bonchev–Trinajstić information content (AvgIpc) is 2.85. The van der Waals surface area contributed by atoms with Gasteiger partial charge in [0.15, 0.2) is 0 Å². The standard InChI is InChI=1S/C33H45BN2S2/c1-12-25-23(8)24(9)38-33(28-15-14-27(28)31(25)35)29(17-21(6)37-11)26(13-2)32(36-10)30(18-34)22(7)20(5)16-19(3)4/h14,16-17,26,36H,3,6-7,12-13,15,18,35H2,1-2,4-5,8-11H3/b20-16-,24-23-,29-17-,31-25+,32-30-,33-28-. The van der Waals surface area contributed by atoms with Crippen molar-refractivity contribution in [3.8, 4) is 0 Å². The number of thioether (sulfide) groups is 2. The molecule has 2 rings (SSSR count). The van der Waals surface area contributed by atoms with Gasteiger partial charge in [-0.05, 0) is 109 Å². The molecule has 0 aromatic carbocycles. The fourth-order valence-electron chi connectivity index (χ4n) is 5.11. The minimum absolute atomic E-state index is 0.0806. The summed E-state index contributed by atoms with van der Waals surface area (Å²) in [7, 11) is 8.39. The van der Waals surface area contributed by atoms with Crippen molar-refractivity contribution in [2.75, 3.05) is 13.3 Å². The number of hydrogen-bond donors (Lipinski definition) is 2. The van der Waals surface area contributed by atoms with Crippen molar-refractivity contribution in [2.24, 2.45) is 11.7 Å². The first-order valence-electron chi connectivity index (χ1n) is 13.3. The lowest BCUT2D eigenvalue weighted by atomic mass is 9.78. The highest BCUT2D eigenvalue weighted by molar-refractivity contribution is 8.07. The molecular weight excluding hydrogens is 499 g/mol. The summed E-state index contributed by atoms with van der Waals surface area (Å²) in [5.41, 5.74) is 19.2. The highest BCUT2D eigenvalue weighted by atomic mass is 32.2. The second kappa shape index (κ2) is 14.2. The van der Waals surface area contributed by atoms with Crippen LogP contribution < -0.4 is 11.1 Å². The summed E-state index contributed by atoms with van der Waals surface area (Å²) >= 11 is 3.54. The Morgan fingerprint density at radius 3 is 2.32 bits per heavy atom. The number of hydrogen-bond acceptors (Lipinski definition) is 4. The van der Waals surface area contributed by atoms with Crippen molar-refractivity contribution in [3.05, 3.63) is 114 Å². The molecule has 1 unspecified atom stereocenters. The second-order valence-electron chi connectivity index (χ2n) is 9.89. The zero-order valence-corrected chi connectivity index (χ0v) is 26.4. The first-order valence-corrected chi connectivity index (χ1v) is 15.4. The van der Waals surface area contributed by atoms with E-state index in [2.05, 4.69) is 84.2 Å². The van der Waals surface area contributed by atoms with Gasteiger partial charge in [0.1, 0.15) is 0 Å². The van der Waals surface area contributed by atoms with Crippen molar-refractivity contribution in [1.82, 2.24) is 5.32 Å². The maximum Gasteiger partial charge on any atom is 0.0717 e. The molecule has 0 saturated carbocycles. The van der Waals surface area contributed by atoms with Gasteiger partial charge in [-0.15, -0.1) is 11.8 Å². The molecular formula is C33H45BN2S2. The van der Waals surface area contributed by atoms with E-state index in [1.54, 1.807) is 11.8 Å². The van der Waals surface area contributed by atoms with E-state index in [-0.39, 0.29) is 5.92 Å². The number of fused-ring (bicyclic) bond motifs is 1. The van der Waals surface area contributed by atoms with Crippen LogP contribution in [-0.2, 0) is 0 Å². The van der Waals surface area contributed by atoms with E-state index in [0.717, 1.165) is 57.9 Å². The lowest BCUT2D eigenvalue weighted by molar-refractivity contribution is 0.639. The molecule has 3 N–H and O–H groups in total. The van der Waals surface area contributed by atoms with Gasteiger partial charge in [0.2, 0.25) is 0 Å². The maximum atomic E-state index is 6.79. The Bertz CT molecular complexity index is 1230. The van der Waals surface area contributed by atoms with E-state index in [9.17, 15) is 0 Å². The van der Waals surface area contributed by atoms with Crippen molar-refractivity contribution >= 4 is 31.4 Å². The lowest BCUT2D eigenvalue weighted by Gasteiger charge is -2.34. The van der Waals surface area contributed by atoms with Crippen LogP contribution in [0.5, 0.6) is 0 Å². The van der Waals surface area contributed by atoms with Crippen LogP contribution in [0.2, 0.25) is 6.32 Å². The van der Waals surface area contributed by atoms with Crippen molar-refractivity contribution in [1.29, 1.82) is 0 Å². The topological polar surface area (TPSA) is 38.0 Å². The van der Waals surface area contributed by atoms with Crippen molar-refractivity contribution < 1.29 is 0 Å². The van der Waals surface area contributed by atoms with E-state index in [0.29, 0.717) is 6.32 Å². The third-order valence-corrected chi connectivity index (χ3v) is 9.33. The third kappa shape index (κ3) is 6.85. The van der Waals surface area contributed by atoms with Crippen LogP contribution in [0.4, 0.5) is 0 Å². The van der Waals surface area contributed by atoms with Gasteiger partial charge in [-0.3, -0.25) is 0 Å². The van der Waals surface area contributed by atoms with Gasteiger partial charge in [0.25, 0.3) is 0 Å². The van der Waals surface area contributed by atoms with Gasteiger partial charge in [0.05, 0.1) is 7.85 Å². The first-order chi connectivity index (χ1) is 18.0. The fourth-order valence-corrected chi connectivity index (χ4v) is 6.58. The second-order valence-corrected chi connectivity index (χ2v) is 12.0. The number of rotatable bonds is 12. The molecule has 2 nitrogen and oxygen atoms in total. The first kappa shape index (κ1) is 32.0. The summed E-state index contributed by atoms with van der Waals surface area (Å²) in [6.45, 7) is 25.7. The molecule has 0 fully saturated rings. The molecule has 0 bridgehead atoms. The van der Waals surface area contributed by atoms with Gasteiger partial charge in [-0.25, -0.2) is 0 Å². The monoisotopic (exact) mass is 544 g/mol. The Hall–Kier alpha value is -2.24. The molecule has 202 valence electrons. The summed E-state index contributed by atoms with van der Waals surface area (Å²) < 4.78 is 0. The van der Waals surface area contributed by atoms with Gasteiger partial charge < -0.3 is 11.1 Å². The minimum atomic E-state index is 0.0806. The highest BCUT2D eigenvalue weighted by Crippen LogP contribution is 2.50. The summed E-state index contributed by atoms with van der Waals surface area (Å²) in [5, 5.41) is 3.54. The molecule has 1 heterocycles. The van der Waals surface area contributed by atoms with Crippen LogP contribution in [0.15, 0.2) is 114 Å². The van der Waals surface area contributed by atoms with Crippen LogP contribution >= 0.6 is 23.5 Å². The Kier molecular flexibility index (Phi) is 12.0. The zero-order chi connectivity index (χ0) is 28.7. The van der Waals surface area contributed by atoms with Gasteiger partial charge in [-0.1, -0.05) is 69.4 Å². The van der Waals surface area contributed by atoms with E-state index in [1.807, 2.05) is 25.7 Å². The predicted molar refractivity (Wildman–Crippen MR) is 176 cm³/mol. The van der Waals surface area contributed by atoms with Crippen LogP contribution in [0.1, 0.15) is 60.8 Å². The Morgan fingerprint density at radius 2 is 1.87 bits per heavy atom. The number of allylic oxidation sites excluding steroid dienone is 13. The fraction of sp³-hybridized carbons (Fsp3) is 0.394. The zero-order valence-electron chi connectivity index (χ0n) is 24.7. The SMILES string of the molecule is [B]C/C(C(=C)/C(C)=C\C(=C)C)=C(/NC)C(CC)C(=C/C(=C)SC)/C1=C2\CC=C2/C(N)=C(CC)\C(C)=C(\C)S1. The molecule has 38 heavy (non-hydrogen) atoms. The summed E-state index contributed by atoms with van der Waals surface area (Å²) in [6, 6.07) is 0. The van der Waals surface area contributed by atoms with Crippen LogP contribution in [0.25, 0.3) is 0 Å². The molecule has 0 saturated heterocycles. The maximum absolute atomic E-state index is 6.79. The molecule has 0 aromatic rings. The minimum Gasteiger partial charge on any atom is -0.398 e.